The van der Waals surface area contributed by atoms with Gasteiger partial charge >= 0.3 is 23.9 Å². The second-order valence-electron chi connectivity index (χ2n) is 7.96. The molecule has 0 saturated heterocycles. The summed E-state index contributed by atoms with van der Waals surface area (Å²) in [5.41, 5.74) is 2.36. The third-order valence-electron chi connectivity index (χ3n) is 5.12. The van der Waals surface area contributed by atoms with E-state index in [4.69, 9.17) is 37.9 Å². The second-order valence-corrected chi connectivity index (χ2v) is 7.96. The van der Waals surface area contributed by atoms with Gasteiger partial charge in [0.2, 0.25) is 27.2 Å². The van der Waals surface area contributed by atoms with Crippen LogP contribution in [-0.2, 0) is 38.1 Å². The maximum absolute atomic E-state index is 11.5. The van der Waals surface area contributed by atoms with Crippen LogP contribution in [-0.4, -0.2) is 51.0 Å². The molecule has 2 aromatic rings. The monoisotopic (exact) mass is 582 g/mol. The van der Waals surface area contributed by atoms with Crippen LogP contribution in [0.3, 0.4) is 0 Å². The van der Waals surface area contributed by atoms with Crippen LogP contribution >= 0.6 is 0 Å². The van der Waals surface area contributed by atoms with Gasteiger partial charge in [-0.05, 0) is 60.4 Å². The van der Waals surface area contributed by atoms with E-state index < -0.39 is 51.0 Å². The first-order valence-corrected chi connectivity index (χ1v) is 12.1. The molecule has 2 rings (SSSR count). The summed E-state index contributed by atoms with van der Waals surface area (Å²) in [7, 11) is 0. The van der Waals surface area contributed by atoms with Crippen molar-refractivity contribution in [3.05, 3.63) is 86.0 Å². The van der Waals surface area contributed by atoms with Crippen molar-refractivity contribution < 1.29 is 57.1 Å². The Morgan fingerprint density at radius 3 is 1.10 bits per heavy atom. The summed E-state index contributed by atoms with van der Waals surface area (Å²) in [5.74, 6) is -2.01. The van der Waals surface area contributed by atoms with E-state index in [0.717, 1.165) is 24.3 Å². The molecule has 42 heavy (non-hydrogen) atoms. The first kappa shape index (κ1) is 32.7. The van der Waals surface area contributed by atoms with E-state index in [-0.39, 0.29) is 23.0 Å². The zero-order chi connectivity index (χ0) is 31.1. The van der Waals surface area contributed by atoms with Crippen molar-refractivity contribution in [2.45, 2.75) is 13.8 Å². The van der Waals surface area contributed by atoms with Crippen LogP contribution in [0.5, 0.6) is 23.0 Å². The summed E-state index contributed by atoms with van der Waals surface area (Å²) in [6.45, 7) is 15.0. The molecule has 0 radical (unpaired) electrons. The Morgan fingerprint density at radius 2 is 0.810 bits per heavy atom. The fraction of sp³-hybridized carbons (Fsp3) is 0.200. The topological polar surface area (TPSA) is 142 Å². The molecular formula is C30H30O12. The highest BCUT2D eigenvalue weighted by Crippen LogP contribution is 2.41. The van der Waals surface area contributed by atoms with Gasteiger partial charge in [0, 0.05) is 24.3 Å². The molecule has 222 valence electrons. The highest BCUT2D eigenvalue weighted by Gasteiger charge is 2.18. The van der Waals surface area contributed by atoms with Gasteiger partial charge in [-0.2, -0.15) is 0 Å². The molecule has 0 aliphatic heterocycles. The number of ether oxygens (including phenoxy) is 8. The van der Waals surface area contributed by atoms with E-state index >= 15 is 0 Å². The largest absolute Gasteiger partial charge is 0.453 e. The van der Waals surface area contributed by atoms with E-state index in [9.17, 15) is 19.2 Å². The molecule has 0 spiro atoms. The molecular weight excluding hydrogens is 552 g/mol. The first-order valence-electron chi connectivity index (χ1n) is 12.1. The van der Waals surface area contributed by atoms with Gasteiger partial charge in [0.1, 0.15) is 0 Å². The summed E-state index contributed by atoms with van der Waals surface area (Å²) in [5, 5.41) is 0. The van der Waals surface area contributed by atoms with Crippen LogP contribution in [0.15, 0.2) is 74.9 Å². The molecule has 0 unspecified atom stereocenters. The average Bonchev–Trinajstić information content (AvgIpc) is 2.98. The van der Waals surface area contributed by atoms with Gasteiger partial charge in [-0.25, -0.2) is 19.2 Å². The minimum absolute atomic E-state index is 0.160. The van der Waals surface area contributed by atoms with Gasteiger partial charge in [0.25, 0.3) is 0 Å². The molecule has 0 saturated carbocycles. The zero-order valence-corrected chi connectivity index (χ0v) is 23.2. The van der Waals surface area contributed by atoms with Crippen molar-refractivity contribution in [2.24, 2.45) is 0 Å². The van der Waals surface area contributed by atoms with Crippen LogP contribution in [0.1, 0.15) is 11.1 Å². The highest BCUT2D eigenvalue weighted by molar-refractivity contribution is 5.82. The van der Waals surface area contributed by atoms with Crippen molar-refractivity contribution in [2.75, 3.05) is 27.2 Å². The number of hydrogen-bond donors (Lipinski definition) is 0. The summed E-state index contributed by atoms with van der Waals surface area (Å²) >= 11 is 0. The number of rotatable bonds is 17. The second kappa shape index (κ2) is 16.6. The maximum atomic E-state index is 11.5. The van der Waals surface area contributed by atoms with Crippen molar-refractivity contribution in [1.82, 2.24) is 0 Å². The van der Waals surface area contributed by atoms with Crippen molar-refractivity contribution in [3.8, 4) is 34.1 Å². The predicted octanol–water partition coefficient (Wildman–Crippen LogP) is 4.23. The number of carbonyl (C=O) groups is 4. The molecule has 12 nitrogen and oxygen atoms in total. The number of carbonyl (C=O) groups excluding carboxylic acids is 4. The van der Waals surface area contributed by atoms with E-state index in [1.807, 2.05) is 0 Å². The summed E-state index contributed by atoms with van der Waals surface area (Å²) in [6.07, 6.45) is 3.94. The SMILES string of the molecule is C=CC(=O)OCOc1cc(-c2cc(C)c(OCOC(=O)C=C)c(OCOC(=O)C=C)c2)cc(C)c1OCOC(=O)C=C. The van der Waals surface area contributed by atoms with E-state index in [2.05, 4.69) is 26.3 Å². The van der Waals surface area contributed by atoms with Gasteiger partial charge in [-0.15, -0.1) is 0 Å². The lowest BCUT2D eigenvalue weighted by Crippen LogP contribution is -2.12. The van der Waals surface area contributed by atoms with E-state index in [1.165, 1.54) is 0 Å². The molecule has 0 heterocycles. The van der Waals surface area contributed by atoms with Crippen molar-refractivity contribution >= 4 is 23.9 Å². The summed E-state index contributed by atoms with van der Waals surface area (Å²) in [6, 6.07) is 6.72. The van der Waals surface area contributed by atoms with Gasteiger partial charge in [-0.3, -0.25) is 0 Å². The fourth-order valence-corrected chi connectivity index (χ4v) is 3.23. The molecule has 12 heteroatoms. The molecule has 2 aromatic carbocycles. The number of hydrogen-bond acceptors (Lipinski definition) is 12. The lowest BCUT2D eigenvalue weighted by Gasteiger charge is -2.19. The van der Waals surface area contributed by atoms with Gasteiger partial charge in [0.05, 0.1) is 0 Å². The summed E-state index contributed by atoms with van der Waals surface area (Å²) < 4.78 is 42.2. The van der Waals surface area contributed by atoms with Crippen LogP contribution in [0, 0.1) is 13.8 Å². The van der Waals surface area contributed by atoms with Gasteiger partial charge < -0.3 is 37.9 Å². The summed E-state index contributed by atoms with van der Waals surface area (Å²) in [4.78, 5) is 45.8. The molecule has 0 aromatic heterocycles. The van der Waals surface area contributed by atoms with Gasteiger partial charge in [0.15, 0.2) is 23.0 Å². The van der Waals surface area contributed by atoms with E-state index in [1.54, 1.807) is 38.1 Å². The van der Waals surface area contributed by atoms with Crippen LogP contribution in [0.2, 0.25) is 0 Å². The van der Waals surface area contributed by atoms with Gasteiger partial charge in [-0.1, -0.05) is 26.3 Å². The molecule has 0 fully saturated rings. The quantitative estimate of drug-likeness (QED) is 0.114. The lowest BCUT2D eigenvalue weighted by atomic mass is 9.99. The lowest BCUT2D eigenvalue weighted by molar-refractivity contribution is -0.146. The van der Waals surface area contributed by atoms with Crippen LogP contribution in [0.25, 0.3) is 11.1 Å². The Morgan fingerprint density at radius 1 is 0.524 bits per heavy atom. The standard InChI is InChI=1S/C30H30O12/c1-7-25(31)37-15-35-23-13-21(11-19(5)29(23)41-17-39-27(33)9-3)22-12-20(6)30(42-18-40-28(34)10-4)24(14-22)36-16-38-26(32)8-2/h7-14H,1-4,15-18H2,5-6H3. The maximum Gasteiger partial charge on any atom is 0.333 e. The van der Waals surface area contributed by atoms with E-state index in [0.29, 0.717) is 22.3 Å². The first-order chi connectivity index (χ1) is 20.1. The Kier molecular flexibility index (Phi) is 12.9. The Balaban J connectivity index is 2.48. The minimum atomic E-state index is -0.700. The Bertz CT molecular complexity index is 1260. The average molecular weight is 583 g/mol. The molecule has 0 N–H and O–H groups in total. The third kappa shape index (κ3) is 9.90. The van der Waals surface area contributed by atoms with Crippen molar-refractivity contribution in [1.29, 1.82) is 0 Å². The fourth-order valence-electron chi connectivity index (χ4n) is 3.23. The number of aryl methyl sites for hydroxylation is 2. The molecule has 0 aliphatic rings. The normalized spacial score (nSPS) is 9.86. The Hall–Kier alpha value is -5.52. The van der Waals surface area contributed by atoms with Crippen LogP contribution in [0.4, 0.5) is 0 Å². The third-order valence-corrected chi connectivity index (χ3v) is 5.12. The van der Waals surface area contributed by atoms with Crippen molar-refractivity contribution in [3.63, 3.8) is 0 Å². The number of esters is 4. The number of benzene rings is 2. The Labute approximate surface area is 242 Å². The zero-order valence-electron chi connectivity index (χ0n) is 23.2. The molecule has 0 aliphatic carbocycles. The molecule has 0 bridgehead atoms. The highest BCUT2D eigenvalue weighted by atomic mass is 16.7. The molecule has 0 amide bonds. The molecule has 0 atom stereocenters. The predicted molar refractivity (Wildman–Crippen MR) is 148 cm³/mol. The minimum Gasteiger partial charge on any atom is -0.453 e. The van der Waals surface area contributed by atoms with Crippen LogP contribution < -0.4 is 18.9 Å². The smallest absolute Gasteiger partial charge is 0.333 e.